The number of amides is 2. The highest BCUT2D eigenvalue weighted by Crippen LogP contribution is 2.11. The Hall–Kier alpha value is -3.33. The van der Waals surface area contributed by atoms with E-state index >= 15 is 0 Å². The molecular weight excluding hydrogens is 488 g/mol. The zero-order chi connectivity index (χ0) is 25.3. The summed E-state index contributed by atoms with van der Waals surface area (Å²) in [6.45, 7) is 0.263. The fourth-order valence-electron chi connectivity index (χ4n) is 2.86. The van der Waals surface area contributed by atoms with E-state index in [1.54, 1.807) is 0 Å². The normalized spacial score (nSPS) is 12.9. The van der Waals surface area contributed by atoms with E-state index < -0.39 is 39.2 Å². The Morgan fingerprint density at radius 2 is 1.53 bits per heavy atom. The number of carboxylic acids is 1. The predicted octanol–water partition coefficient (Wildman–Crippen LogP) is 0.323. The first-order chi connectivity index (χ1) is 16.0. The molecule has 0 spiro atoms. The Morgan fingerprint density at radius 1 is 0.971 bits per heavy atom. The van der Waals surface area contributed by atoms with Crippen molar-refractivity contribution in [2.75, 3.05) is 11.3 Å². The molecule has 2 amide bonds. The van der Waals surface area contributed by atoms with E-state index in [1.165, 1.54) is 36.4 Å². The number of nitrogens with one attached hydrogen (secondary N) is 3. The van der Waals surface area contributed by atoms with Crippen molar-refractivity contribution in [3.63, 3.8) is 0 Å². The van der Waals surface area contributed by atoms with Gasteiger partial charge in [0, 0.05) is 34.6 Å². The van der Waals surface area contributed by atoms with Gasteiger partial charge in [-0.05, 0) is 67.8 Å². The highest BCUT2D eigenvalue weighted by molar-refractivity contribution is 7.89. The van der Waals surface area contributed by atoms with Crippen LogP contribution >= 0.6 is 0 Å². The van der Waals surface area contributed by atoms with Gasteiger partial charge in [-0.25, -0.2) is 18.4 Å². The monoisotopic (exact) mass is 511 g/mol. The molecule has 1 unspecified atom stereocenters. The molecule has 0 heterocycles. The number of benzene rings is 2. The van der Waals surface area contributed by atoms with Gasteiger partial charge in [0.25, 0.3) is 11.8 Å². The van der Waals surface area contributed by atoms with E-state index in [0.717, 1.165) is 12.1 Å². The maximum atomic E-state index is 12.3. The molecule has 0 aliphatic carbocycles. The van der Waals surface area contributed by atoms with Crippen molar-refractivity contribution in [3.05, 3.63) is 59.7 Å². The Labute approximate surface area is 198 Å². The van der Waals surface area contributed by atoms with Crippen LogP contribution in [0.2, 0.25) is 0 Å². The number of hydrogen-bond donors (Lipinski definition) is 5. The van der Waals surface area contributed by atoms with Crippen molar-refractivity contribution in [1.29, 1.82) is 0 Å². The van der Waals surface area contributed by atoms with Crippen LogP contribution in [0.4, 0.5) is 5.69 Å². The van der Waals surface area contributed by atoms with Crippen LogP contribution in [-0.2, 0) is 26.1 Å². The molecule has 12 nitrogen and oxygen atoms in total. The van der Waals surface area contributed by atoms with Crippen molar-refractivity contribution < 1.29 is 36.7 Å². The average molecular weight is 512 g/mol. The van der Waals surface area contributed by atoms with Gasteiger partial charge < -0.3 is 25.0 Å². The van der Waals surface area contributed by atoms with Gasteiger partial charge in [-0.15, -0.1) is 0 Å². The number of rotatable bonds is 12. The lowest BCUT2D eigenvalue weighted by Crippen LogP contribution is -2.40. The minimum atomic E-state index is -3.91. The molecule has 184 valence electrons. The van der Waals surface area contributed by atoms with Crippen LogP contribution in [0.25, 0.3) is 0 Å². The smallest absolute Gasteiger partial charge is 0.326 e. The average Bonchev–Trinajstić information content (AvgIpc) is 2.77. The first-order valence-electron chi connectivity index (χ1n) is 9.88. The fraction of sp³-hybridized carbons (Fsp3) is 0.250. The van der Waals surface area contributed by atoms with Crippen LogP contribution in [0, 0.1) is 0 Å². The maximum absolute atomic E-state index is 12.3. The quantitative estimate of drug-likeness (QED) is 0.197. The summed E-state index contributed by atoms with van der Waals surface area (Å²) in [5.74, 6) is -2.28. The van der Waals surface area contributed by atoms with Crippen molar-refractivity contribution in [3.8, 4) is 0 Å². The second kappa shape index (κ2) is 12.2. The summed E-state index contributed by atoms with van der Waals surface area (Å²) < 4.78 is 45.9. The Bertz CT molecular complexity index is 1150. The molecule has 2 aromatic carbocycles. The molecule has 2 rings (SSSR count). The summed E-state index contributed by atoms with van der Waals surface area (Å²) >= 11 is -2.46. The topological polar surface area (TPSA) is 208 Å². The molecule has 14 heteroatoms. The minimum Gasteiger partial charge on any atom is -0.755 e. The summed E-state index contributed by atoms with van der Waals surface area (Å²) in [4.78, 5) is 35.7. The van der Waals surface area contributed by atoms with Crippen LogP contribution in [0.15, 0.2) is 53.4 Å². The third kappa shape index (κ3) is 8.55. The number of primary sulfonamides is 1. The fourth-order valence-corrected chi connectivity index (χ4v) is 3.70. The minimum absolute atomic E-state index is 0.0774. The van der Waals surface area contributed by atoms with Gasteiger partial charge in [0.05, 0.1) is 4.90 Å². The Balaban J connectivity index is 1.79. The van der Waals surface area contributed by atoms with Gasteiger partial charge in [-0.1, -0.05) is 0 Å². The number of carboxylic acid groups (broad SMARTS) is 1. The lowest BCUT2D eigenvalue weighted by molar-refractivity contribution is -0.139. The largest absolute Gasteiger partial charge is 0.755 e. The molecule has 0 aromatic heterocycles. The van der Waals surface area contributed by atoms with Gasteiger partial charge >= 0.3 is 5.97 Å². The van der Waals surface area contributed by atoms with Gasteiger partial charge in [-0.3, -0.25) is 13.8 Å². The second-order valence-corrected chi connectivity index (χ2v) is 9.33. The van der Waals surface area contributed by atoms with Crippen LogP contribution in [0.5, 0.6) is 0 Å². The van der Waals surface area contributed by atoms with Crippen molar-refractivity contribution in [1.82, 2.24) is 10.6 Å². The number of unbranched alkanes of at least 4 members (excludes halogenated alkanes) is 1. The van der Waals surface area contributed by atoms with Crippen molar-refractivity contribution in [2.45, 2.75) is 30.2 Å². The molecule has 6 N–H and O–H groups in total. The Morgan fingerprint density at radius 3 is 2.06 bits per heavy atom. The Kier molecular flexibility index (Phi) is 9.68. The van der Waals surface area contributed by atoms with Crippen molar-refractivity contribution in [2.24, 2.45) is 5.14 Å². The molecule has 0 aliphatic heterocycles. The third-order valence-electron chi connectivity index (χ3n) is 4.60. The molecule has 0 saturated heterocycles. The third-order valence-corrected chi connectivity index (χ3v) is 5.93. The zero-order valence-corrected chi connectivity index (χ0v) is 19.4. The molecule has 0 saturated carbocycles. The van der Waals surface area contributed by atoms with Gasteiger partial charge in [0.15, 0.2) is 0 Å². The molecular formula is C20H23N4O8S2-. The summed E-state index contributed by atoms with van der Waals surface area (Å²) in [6.07, 6.45) is 0.947. The maximum Gasteiger partial charge on any atom is 0.326 e. The standard InChI is InChI=1S/C20H24N4O8S2/c21-34(31,32)16-10-6-14(7-11-16)19(26)23-17(20(27)28)3-1-2-12-22-18(25)13-4-8-15(9-5-13)24-33(29)30/h4-11,17,24H,1-3,12H2,(H,22,25)(H,23,26)(H,27,28)(H,29,30)(H2,21,31,32)/p-1/t17-/m0/s1. The summed E-state index contributed by atoms with van der Waals surface area (Å²) in [5.41, 5.74) is 0.715. The van der Waals surface area contributed by atoms with E-state index in [4.69, 9.17) is 5.14 Å². The lowest BCUT2D eigenvalue weighted by atomic mass is 10.1. The molecule has 0 bridgehead atoms. The van der Waals surface area contributed by atoms with E-state index in [0.29, 0.717) is 24.1 Å². The van der Waals surface area contributed by atoms with Crippen LogP contribution in [0.3, 0.4) is 0 Å². The number of carbonyl (C=O) groups excluding carboxylic acids is 2. The van der Waals surface area contributed by atoms with Gasteiger partial charge in [-0.2, -0.15) is 0 Å². The molecule has 0 fully saturated rings. The summed E-state index contributed by atoms with van der Waals surface area (Å²) in [6, 6.07) is 9.37. The van der Waals surface area contributed by atoms with Crippen LogP contribution < -0.4 is 20.5 Å². The molecule has 0 aliphatic rings. The van der Waals surface area contributed by atoms with E-state index in [9.17, 15) is 36.7 Å². The molecule has 0 radical (unpaired) electrons. The number of carbonyl (C=O) groups is 3. The first-order valence-corrected chi connectivity index (χ1v) is 12.5. The van der Waals surface area contributed by atoms with Crippen LogP contribution in [0.1, 0.15) is 40.0 Å². The SMILES string of the molecule is NS(=O)(=O)c1ccc(C(=O)N[C@@H](CCCCNC(=O)c2ccc(NS(=O)[O-])cc2)C(=O)O)cc1. The summed E-state index contributed by atoms with van der Waals surface area (Å²) in [5, 5.41) is 19.4. The number of nitrogens with two attached hydrogens (primary N) is 1. The zero-order valence-electron chi connectivity index (χ0n) is 17.7. The molecule has 34 heavy (non-hydrogen) atoms. The van der Waals surface area contributed by atoms with Gasteiger partial charge in [0.1, 0.15) is 6.04 Å². The number of anilines is 1. The second-order valence-electron chi connectivity index (χ2n) is 7.10. The number of aliphatic carboxylic acids is 1. The van der Waals surface area contributed by atoms with E-state index in [-0.39, 0.29) is 29.3 Å². The first kappa shape index (κ1) is 26.9. The molecule has 2 atom stereocenters. The molecule has 2 aromatic rings. The van der Waals surface area contributed by atoms with E-state index in [1.807, 2.05) is 0 Å². The van der Waals surface area contributed by atoms with Crippen LogP contribution in [-0.4, -0.2) is 52.7 Å². The van der Waals surface area contributed by atoms with Crippen molar-refractivity contribution >= 4 is 44.8 Å². The lowest BCUT2D eigenvalue weighted by Gasteiger charge is -2.15. The number of hydrogen-bond acceptors (Lipinski definition) is 7. The highest BCUT2D eigenvalue weighted by Gasteiger charge is 2.20. The van der Waals surface area contributed by atoms with Gasteiger partial charge in [0.2, 0.25) is 10.0 Å². The number of sulfonamides is 1. The predicted molar refractivity (Wildman–Crippen MR) is 122 cm³/mol. The summed E-state index contributed by atoms with van der Waals surface area (Å²) in [7, 11) is -3.91. The highest BCUT2D eigenvalue weighted by atomic mass is 32.2. The van der Waals surface area contributed by atoms with E-state index in [2.05, 4.69) is 15.4 Å².